The van der Waals surface area contributed by atoms with Crippen molar-refractivity contribution in [1.29, 1.82) is 0 Å². The molecule has 2 rings (SSSR count). The predicted octanol–water partition coefficient (Wildman–Crippen LogP) is 3.67. The van der Waals surface area contributed by atoms with Gasteiger partial charge in [-0.1, -0.05) is 18.2 Å². The number of halogens is 3. The number of fused-ring (bicyclic) bond motifs is 1. The number of hydrogen-bond acceptors (Lipinski definition) is 1. The number of rotatable bonds is 3. The lowest BCUT2D eigenvalue weighted by molar-refractivity contribution is 0.0348. The molecule has 5 heteroatoms. The molecule has 0 fully saturated rings. The molecule has 16 heavy (non-hydrogen) atoms. The normalized spacial score (nSPS) is 11.9. The molecule has 0 aliphatic carbocycles. The summed E-state index contributed by atoms with van der Waals surface area (Å²) in [5.74, 6) is 0.290. The minimum absolute atomic E-state index is 0.290. The molecule has 0 N–H and O–H groups in total. The van der Waals surface area contributed by atoms with Gasteiger partial charge in [-0.2, -0.15) is 8.78 Å². The van der Waals surface area contributed by atoms with Crippen LogP contribution in [0.15, 0.2) is 36.9 Å². The quantitative estimate of drug-likeness (QED) is 0.622. The first kappa shape index (κ1) is 11.3. The van der Waals surface area contributed by atoms with E-state index in [2.05, 4.69) is 27.5 Å². The Balaban J connectivity index is 2.74. The van der Waals surface area contributed by atoms with Crippen LogP contribution in [0.25, 0.3) is 11.0 Å². The van der Waals surface area contributed by atoms with Crippen molar-refractivity contribution < 1.29 is 8.78 Å². The van der Waals surface area contributed by atoms with Crippen molar-refractivity contribution in [1.82, 2.24) is 9.55 Å². The van der Waals surface area contributed by atoms with E-state index in [0.717, 1.165) is 4.57 Å². The molecule has 0 spiro atoms. The van der Waals surface area contributed by atoms with E-state index in [1.54, 1.807) is 30.3 Å². The molecule has 1 aromatic carbocycles. The lowest BCUT2D eigenvalue weighted by Gasteiger charge is -2.13. The summed E-state index contributed by atoms with van der Waals surface area (Å²) in [4.78, 5) is 1.01. The zero-order chi connectivity index (χ0) is 11.8. The van der Waals surface area contributed by atoms with Gasteiger partial charge in [0.1, 0.15) is 5.82 Å². The standard InChI is InChI=1S/C11H9BrF2N2/c1-2-5-10-15-8-6-3-4-7-9(8)16(10)11(12,13)14/h2-4,6-7H,1,5H2. The number of alkyl halides is 3. The first-order chi connectivity index (χ1) is 7.54. The van der Waals surface area contributed by atoms with E-state index in [1.165, 1.54) is 0 Å². The largest absolute Gasteiger partial charge is 0.388 e. The maximum absolute atomic E-state index is 13.4. The second-order valence-corrected chi connectivity index (χ2v) is 4.27. The number of allylic oxidation sites excluding steroid dienone is 1. The van der Waals surface area contributed by atoms with Crippen molar-refractivity contribution in [2.45, 2.75) is 11.4 Å². The van der Waals surface area contributed by atoms with Crippen molar-refractivity contribution >= 4 is 27.0 Å². The minimum Gasteiger partial charge on any atom is -0.258 e. The third-order valence-corrected chi connectivity index (χ3v) is 2.57. The van der Waals surface area contributed by atoms with Gasteiger partial charge < -0.3 is 0 Å². The van der Waals surface area contributed by atoms with Gasteiger partial charge in [0.2, 0.25) is 0 Å². The third-order valence-electron chi connectivity index (χ3n) is 2.21. The van der Waals surface area contributed by atoms with Crippen LogP contribution in [0.2, 0.25) is 0 Å². The Labute approximate surface area is 99.7 Å². The van der Waals surface area contributed by atoms with Crippen molar-refractivity contribution in [3.8, 4) is 0 Å². The molecule has 0 unspecified atom stereocenters. The van der Waals surface area contributed by atoms with Crippen LogP contribution in [0.5, 0.6) is 0 Å². The SMILES string of the molecule is C=CCc1nc2ccccc2n1C(F)(F)Br. The molecule has 0 saturated carbocycles. The van der Waals surface area contributed by atoms with E-state index in [1.807, 2.05) is 0 Å². The van der Waals surface area contributed by atoms with Crippen LogP contribution in [0.3, 0.4) is 0 Å². The topological polar surface area (TPSA) is 17.8 Å². The van der Waals surface area contributed by atoms with Crippen molar-refractivity contribution in [3.05, 3.63) is 42.7 Å². The monoisotopic (exact) mass is 286 g/mol. The summed E-state index contributed by atoms with van der Waals surface area (Å²) in [5.41, 5.74) is 0.958. The van der Waals surface area contributed by atoms with Gasteiger partial charge in [0.25, 0.3) is 0 Å². The van der Waals surface area contributed by atoms with E-state index in [4.69, 9.17) is 0 Å². The van der Waals surface area contributed by atoms with Gasteiger partial charge in [-0.3, -0.25) is 4.57 Å². The second kappa shape index (κ2) is 3.97. The average molecular weight is 287 g/mol. The van der Waals surface area contributed by atoms with Gasteiger partial charge in [-0.05, 0) is 12.1 Å². The van der Waals surface area contributed by atoms with Gasteiger partial charge in [0.15, 0.2) is 0 Å². The summed E-state index contributed by atoms with van der Waals surface area (Å²) in [5, 5.41) is 0. The average Bonchev–Trinajstić information content (AvgIpc) is 2.55. The highest BCUT2D eigenvalue weighted by Crippen LogP contribution is 2.33. The van der Waals surface area contributed by atoms with Crippen LogP contribution in [0, 0.1) is 0 Å². The van der Waals surface area contributed by atoms with E-state index in [-0.39, 0.29) is 5.82 Å². The summed E-state index contributed by atoms with van der Waals surface area (Å²) in [6, 6.07) is 6.79. The summed E-state index contributed by atoms with van der Waals surface area (Å²) in [7, 11) is 0. The molecular formula is C11H9BrF2N2. The molecule has 2 nitrogen and oxygen atoms in total. The Morgan fingerprint density at radius 3 is 2.75 bits per heavy atom. The maximum atomic E-state index is 13.4. The number of benzene rings is 1. The van der Waals surface area contributed by atoms with Crippen LogP contribution >= 0.6 is 15.9 Å². The number of hydrogen-bond donors (Lipinski definition) is 0. The molecule has 0 radical (unpaired) electrons. The minimum atomic E-state index is -3.14. The van der Waals surface area contributed by atoms with E-state index < -0.39 is 4.96 Å². The molecule has 1 heterocycles. The Morgan fingerprint density at radius 1 is 1.44 bits per heavy atom. The lowest BCUT2D eigenvalue weighted by atomic mass is 10.3. The fraction of sp³-hybridized carbons (Fsp3) is 0.182. The summed E-state index contributed by atoms with van der Waals surface area (Å²) in [6.45, 7) is 3.54. The molecular weight excluding hydrogens is 278 g/mol. The molecule has 0 aliphatic heterocycles. The molecule has 0 bridgehead atoms. The predicted molar refractivity (Wildman–Crippen MR) is 62.8 cm³/mol. The third kappa shape index (κ3) is 1.87. The van der Waals surface area contributed by atoms with E-state index >= 15 is 0 Å². The number of para-hydroxylation sites is 2. The van der Waals surface area contributed by atoms with Crippen LogP contribution in [0.1, 0.15) is 5.82 Å². The van der Waals surface area contributed by atoms with Crippen LogP contribution in [0.4, 0.5) is 8.78 Å². The van der Waals surface area contributed by atoms with Crippen molar-refractivity contribution in [3.63, 3.8) is 0 Å². The van der Waals surface area contributed by atoms with Crippen LogP contribution in [-0.4, -0.2) is 9.55 Å². The van der Waals surface area contributed by atoms with E-state index in [0.29, 0.717) is 17.5 Å². The van der Waals surface area contributed by atoms with Crippen molar-refractivity contribution in [2.24, 2.45) is 0 Å². The van der Waals surface area contributed by atoms with Gasteiger partial charge in [0, 0.05) is 22.4 Å². The number of nitrogens with zero attached hydrogens (tertiary/aromatic N) is 2. The highest BCUT2D eigenvalue weighted by molar-refractivity contribution is 9.09. The maximum Gasteiger partial charge on any atom is 0.388 e. The van der Waals surface area contributed by atoms with Crippen molar-refractivity contribution in [2.75, 3.05) is 0 Å². The Kier molecular flexibility index (Phi) is 2.80. The smallest absolute Gasteiger partial charge is 0.258 e. The van der Waals surface area contributed by atoms with Gasteiger partial charge >= 0.3 is 4.96 Å². The Hall–Kier alpha value is -1.23. The van der Waals surface area contributed by atoms with Gasteiger partial charge in [-0.25, -0.2) is 4.98 Å². The summed E-state index contributed by atoms with van der Waals surface area (Å²) < 4.78 is 27.7. The van der Waals surface area contributed by atoms with Gasteiger partial charge in [0.05, 0.1) is 11.0 Å². The molecule has 0 atom stereocenters. The van der Waals surface area contributed by atoms with Crippen LogP contribution < -0.4 is 0 Å². The molecule has 84 valence electrons. The first-order valence-corrected chi connectivity index (χ1v) is 5.48. The zero-order valence-corrected chi connectivity index (χ0v) is 9.92. The lowest BCUT2D eigenvalue weighted by Crippen LogP contribution is -2.17. The van der Waals surface area contributed by atoms with Gasteiger partial charge in [-0.15, -0.1) is 6.58 Å². The molecule has 0 saturated heterocycles. The van der Waals surface area contributed by atoms with E-state index in [9.17, 15) is 8.78 Å². The highest BCUT2D eigenvalue weighted by atomic mass is 79.9. The van der Waals surface area contributed by atoms with Crippen LogP contribution in [-0.2, 0) is 11.4 Å². The summed E-state index contributed by atoms with van der Waals surface area (Å²) >= 11 is 2.36. The zero-order valence-electron chi connectivity index (χ0n) is 8.33. The number of aromatic nitrogens is 2. The second-order valence-electron chi connectivity index (χ2n) is 3.31. The number of imidazole rings is 1. The Bertz CT molecular complexity index is 528. The molecule has 0 amide bonds. The molecule has 0 aliphatic rings. The first-order valence-electron chi connectivity index (χ1n) is 4.68. The Morgan fingerprint density at radius 2 is 2.12 bits per heavy atom. The molecule has 1 aromatic heterocycles. The summed E-state index contributed by atoms with van der Waals surface area (Å²) in [6.07, 6.45) is 1.85. The fourth-order valence-corrected chi connectivity index (χ4v) is 2.02. The molecule has 2 aromatic rings. The highest BCUT2D eigenvalue weighted by Gasteiger charge is 2.31. The fourth-order valence-electron chi connectivity index (χ4n) is 1.62.